The zero-order valence-corrected chi connectivity index (χ0v) is 10.5. The van der Waals surface area contributed by atoms with Crippen LogP contribution in [0.2, 0.25) is 0 Å². The van der Waals surface area contributed by atoms with E-state index in [1.807, 2.05) is 18.2 Å². The Bertz CT molecular complexity index is 444. The first-order valence-electron chi connectivity index (χ1n) is 5.14. The van der Waals surface area contributed by atoms with Gasteiger partial charge in [-0.15, -0.1) is 0 Å². The summed E-state index contributed by atoms with van der Waals surface area (Å²) in [6, 6.07) is 7.23. The molecule has 1 atom stereocenters. The molecule has 0 aromatic heterocycles. The van der Waals surface area contributed by atoms with Crippen LogP contribution in [0.1, 0.15) is 23.7 Å². The number of halogens is 1. The number of para-hydroxylation sites is 1. The summed E-state index contributed by atoms with van der Waals surface area (Å²) in [4.78, 5) is 25.1. The van der Waals surface area contributed by atoms with Crippen molar-refractivity contribution in [1.29, 1.82) is 0 Å². The SMILES string of the molecule is CC(=O)c1ccccc1N1CC(Br)CC1=O. The summed E-state index contributed by atoms with van der Waals surface area (Å²) in [6.07, 6.45) is 0.492. The molecule has 1 fully saturated rings. The van der Waals surface area contributed by atoms with E-state index in [1.54, 1.807) is 11.0 Å². The number of rotatable bonds is 2. The number of ketones is 1. The number of Topliss-reactive ketones (excluding diaryl/α,β-unsaturated/α-hetero) is 1. The molecule has 1 aliphatic rings. The average Bonchev–Trinajstić information content (AvgIpc) is 2.57. The van der Waals surface area contributed by atoms with Crippen molar-refractivity contribution in [2.24, 2.45) is 0 Å². The van der Waals surface area contributed by atoms with Crippen LogP contribution < -0.4 is 4.90 Å². The third-order valence-electron chi connectivity index (χ3n) is 2.65. The van der Waals surface area contributed by atoms with Gasteiger partial charge in [0, 0.05) is 23.4 Å². The molecule has 0 saturated carbocycles. The number of hydrogen-bond donors (Lipinski definition) is 0. The molecule has 16 heavy (non-hydrogen) atoms. The van der Waals surface area contributed by atoms with Crippen molar-refractivity contribution < 1.29 is 9.59 Å². The maximum atomic E-state index is 11.7. The fraction of sp³-hybridized carbons (Fsp3) is 0.333. The Morgan fingerprint density at radius 1 is 1.44 bits per heavy atom. The Morgan fingerprint density at radius 3 is 2.69 bits per heavy atom. The predicted octanol–water partition coefficient (Wildman–Crippen LogP) is 2.39. The summed E-state index contributed by atoms with van der Waals surface area (Å²) in [5, 5.41) is 0. The fourth-order valence-electron chi connectivity index (χ4n) is 1.90. The van der Waals surface area contributed by atoms with E-state index < -0.39 is 0 Å². The van der Waals surface area contributed by atoms with Gasteiger partial charge in [-0.1, -0.05) is 28.1 Å². The lowest BCUT2D eigenvalue weighted by molar-refractivity contribution is -0.117. The van der Waals surface area contributed by atoms with Gasteiger partial charge in [0.1, 0.15) is 0 Å². The predicted molar refractivity (Wildman–Crippen MR) is 66.1 cm³/mol. The number of alkyl halides is 1. The third kappa shape index (κ3) is 2.02. The fourth-order valence-corrected chi connectivity index (χ4v) is 2.47. The maximum absolute atomic E-state index is 11.7. The zero-order chi connectivity index (χ0) is 11.7. The minimum atomic E-state index is -0.0126. The first-order valence-corrected chi connectivity index (χ1v) is 6.05. The van der Waals surface area contributed by atoms with Crippen molar-refractivity contribution in [3.05, 3.63) is 29.8 Å². The molecule has 1 unspecified atom stereocenters. The average molecular weight is 282 g/mol. The number of nitrogens with zero attached hydrogens (tertiary/aromatic N) is 1. The van der Waals surface area contributed by atoms with E-state index in [0.29, 0.717) is 18.5 Å². The highest BCUT2D eigenvalue weighted by Crippen LogP contribution is 2.28. The molecule has 4 heteroatoms. The Kier molecular flexibility index (Phi) is 3.10. The van der Waals surface area contributed by atoms with Gasteiger partial charge in [0.15, 0.2) is 5.78 Å². The van der Waals surface area contributed by atoms with Gasteiger partial charge >= 0.3 is 0 Å². The van der Waals surface area contributed by atoms with Crippen molar-refractivity contribution in [1.82, 2.24) is 0 Å². The molecular formula is C12H12BrNO2. The second kappa shape index (κ2) is 4.37. The minimum Gasteiger partial charge on any atom is -0.311 e. The van der Waals surface area contributed by atoms with Crippen LogP contribution in [0, 0.1) is 0 Å². The summed E-state index contributed by atoms with van der Waals surface area (Å²) < 4.78 is 0. The molecule has 2 rings (SSSR count). The minimum absolute atomic E-state index is 0.0126. The molecule has 1 aromatic rings. The van der Waals surface area contributed by atoms with Crippen LogP contribution in [-0.4, -0.2) is 23.1 Å². The molecule has 1 amide bonds. The van der Waals surface area contributed by atoms with E-state index in [1.165, 1.54) is 6.92 Å². The molecule has 1 saturated heterocycles. The molecule has 0 spiro atoms. The van der Waals surface area contributed by atoms with Gasteiger partial charge in [-0.2, -0.15) is 0 Å². The van der Waals surface area contributed by atoms with Crippen molar-refractivity contribution >= 4 is 33.3 Å². The molecule has 1 aromatic carbocycles. The molecule has 1 aliphatic heterocycles. The summed E-state index contributed by atoms with van der Waals surface area (Å²) >= 11 is 3.43. The van der Waals surface area contributed by atoms with Crippen molar-refractivity contribution in [3.63, 3.8) is 0 Å². The number of hydrogen-bond acceptors (Lipinski definition) is 2. The number of carbonyl (C=O) groups excluding carboxylic acids is 2. The van der Waals surface area contributed by atoms with Gasteiger partial charge in [-0.05, 0) is 19.1 Å². The van der Waals surface area contributed by atoms with E-state index in [0.717, 1.165) is 5.69 Å². The summed E-state index contributed by atoms with van der Waals surface area (Å²) in [5.41, 5.74) is 1.33. The van der Waals surface area contributed by atoms with E-state index in [2.05, 4.69) is 15.9 Å². The number of carbonyl (C=O) groups is 2. The van der Waals surface area contributed by atoms with E-state index in [4.69, 9.17) is 0 Å². The molecule has 84 valence electrons. The van der Waals surface area contributed by atoms with E-state index >= 15 is 0 Å². The van der Waals surface area contributed by atoms with Crippen LogP contribution in [0.15, 0.2) is 24.3 Å². The van der Waals surface area contributed by atoms with Gasteiger partial charge < -0.3 is 4.90 Å². The van der Waals surface area contributed by atoms with Crippen LogP contribution in [-0.2, 0) is 4.79 Å². The smallest absolute Gasteiger partial charge is 0.228 e. The first-order chi connectivity index (χ1) is 7.59. The lowest BCUT2D eigenvalue weighted by Crippen LogP contribution is -2.26. The highest BCUT2D eigenvalue weighted by atomic mass is 79.9. The van der Waals surface area contributed by atoms with Gasteiger partial charge in [0.05, 0.1) is 5.69 Å². The summed E-state index contributed by atoms with van der Waals surface area (Å²) in [5.74, 6) is 0.0528. The molecule has 0 N–H and O–H groups in total. The zero-order valence-electron chi connectivity index (χ0n) is 8.94. The lowest BCUT2D eigenvalue weighted by Gasteiger charge is -2.18. The largest absolute Gasteiger partial charge is 0.311 e. The number of anilines is 1. The Morgan fingerprint density at radius 2 is 2.12 bits per heavy atom. The van der Waals surface area contributed by atoms with Gasteiger partial charge in [0.2, 0.25) is 5.91 Å². The van der Waals surface area contributed by atoms with Crippen LogP contribution in [0.25, 0.3) is 0 Å². The normalized spacial score (nSPS) is 20.2. The van der Waals surface area contributed by atoms with E-state index in [9.17, 15) is 9.59 Å². The quantitative estimate of drug-likeness (QED) is 0.617. The van der Waals surface area contributed by atoms with Crippen LogP contribution in [0.4, 0.5) is 5.69 Å². The first kappa shape index (κ1) is 11.3. The molecule has 1 heterocycles. The molecule has 0 bridgehead atoms. The molecule has 3 nitrogen and oxygen atoms in total. The molecule has 0 radical (unpaired) electrons. The van der Waals surface area contributed by atoms with Crippen LogP contribution in [0.3, 0.4) is 0 Å². The Hall–Kier alpha value is -1.16. The maximum Gasteiger partial charge on any atom is 0.228 e. The van der Waals surface area contributed by atoms with Crippen molar-refractivity contribution in [2.75, 3.05) is 11.4 Å². The third-order valence-corrected chi connectivity index (χ3v) is 3.27. The van der Waals surface area contributed by atoms with Crippen molar-refractivity contribution in [2.45, 2.75) is 18.2 Å². The Labute approximate surface area is 103 Å². The molecular weight excluding hydrogens is 270 g/mol. The highest BCUT2D eigenvalue weighted by Gasteiger charge is 2.30. The second-order valence-electron chi connectivity index (χ2n) is 3.88. The summed E-state index contributed by atoms with van der Waals surface area (Å²) in [6.45, 7) is 2.15. The van der Waals surface area contributed by atoms with Gasteiger partial charge in [0.25, 0.3) is 0 Å². The van der Waals surface area contributed by atoms with Crippen molar-refractivity contribution in [3.8, 4) is 0 Å². The number of amides is 1. The van der Waals surface area contributed by atoms with E-state index in [-0.39, 0.29) is 16.5 Å². The van der Waals surface area contributed by atoms with Gasteiger partial charge in [-0.25, -0.2) is 0 Å². The lowest BCUT2D eigenvalue weighted by atomic mass is 10.1. The Balaban J connectivity index is 2.40. The summed E-state index contributed by atoms with van der Waals surface area (Å²) in [7, 11) is 0. The van der Waals surface area contributed by atoms with Crippen LogP contribution in [0.5, 0.6) is 0 Å². The number of benzene rings is 1. The molecule has 0 aliphatic carbocycles. The monoisotopic (exact) mass is 281 g/mol. The second-order valence-corrected chi connectivity index (χ2v) is 5.17. The van der Waals surface area contributed by atoms with Gasteiger partial charge in [-0.3, -0.25) is 9.59 Å². The highest BCUT2D eigenvalue weighted by molar-refractivity contribution is 9.09. The van der Waals surface area contributed by atoms with Crippen LogP contribution >= 0.6 is 15.9 Å². The standard InChI is InChI=1S/C12H12BrNO2/c1-8(15)10-4-2-3-5-11(10)14-7-9(13)6-12(14)16/h2-5,9H,6-7H2,1H3. The topological polar surface area (TPSA) is 37.4 Å².